The fourth-order valence-electron chi connectivity index (χ4n) is 6.70. The molecule has 5 rings (SSSR count). The van der Waals surface area contributed by atoms with Gasteiger partial charge in [0.2, 0.25) is 0 Å². The molecule has 4 atom stereocenters. The molecule has 4 heteroatoms. The van der Waals surface area contributed by atoms with Gasteiger partial charge in [0.1, 0.15) is 23.0 Å². The molecule has 136 valence electrons. The molecule has 4 N–H and O–H groups in total. The lowest BCUT2D eigenvalue weighted by Crippen LogP contribution is -2.40. The summed E-state index contributed by atoms with van der Waals surface area (Å²) in [6.45, 7) is 0. The lowest BCUT2D eigenvalue weighted by atomic mass is 9.59. The van der Waals surface area contributed by atoms with Crippen molar-refractivity contribution in [2.24, 2.45) is 23.7 Å². The zero-order chi connectivity index (χ0) is 18.1. The maximum atomic E-state index is 10.7. The number of fused-ring (bicyclic) bond motifs is 5. The topological polar surface area (TPSA) is 80.9 Å². The maximum Gasteiger partial charge on any atom is 0.123 e. The van der Waals surface area contributed by atoms with Gasteiger partial charge >= 0.3 is 0 Å². The Bertz CT molecular complexity index is 823. The van der Waals surface area contributed by atoms with Crippen LogP contribution < -0.4 is 0 Å². The quantitative estimate of drug-likeness (QED) is 0.651. The van der Waals surface area contributed by atoms with Gasteiger partial charge in [-0.25, -0.2) is 0 Å². The predicted octanol–water partition coefficient (Wildman–Crippen LogP) is 4.25. The van der Waals surface area contributed by atoms with Crippen LogP contribution in [0.2, 0.25) is 0 Å². The van der Waals surface area contributed by atoms with Crippen LogP contribution in [0.5, 0.6) is 23.0 Å². The molecule has 3 fully saturated rings. The van der Waals surface area contributed by atoms with Crippen molar-refractivity contribution in [1.82, 2.24) is 0 Å². The second-order valence-electron chi connectivity index (χ2n) is 8.44. The predicted molar refractivity (Wildman–Crippen MR) is 97.4 cm³/mol. The van der Waals surface area contributed by atoms with Gasteiger partial charge in [-0.1, -0.05) is 18.6 Å². The average Bonchev–Trinajstić information content (AvgIpc) is 3.26. The van der Waals surface area contributed by atoms with Gasteiger partial charge in [0.25, 0.3) is 0 Å². The summed E-state index contributed by atoms with van der Waals surface area (Å²) in [5, 5.41) is 40.9. The highest BCUT2D eigenvalue weighted by atomic mass is 16.3. The van der Waals surface area contributed by atoms with E-state index in [1.54, 1.807) is 12.1 Å². The Morgan fingerprint density at radius 2 is 1.35 bits per heavy atom. The summed E-state index contributed by atoms with van der Waals surface area (Å²) < 4.78 is 0. The van der Waals surface area contributed by atoms with E-state index < -0.39 is 5.41 Å². The zero-order valence-electron chi connectivity index (χ0n) is 14.6. The number of aromatic hydroxyl groups is 4. The smallest absolute Gasteiger partial charge is 0.123 e. The van der Waals surface area contributed by atoms with Crippen LogP contribution in [0, 0.1) is 23.7 Å². The van der Waals surface area contributed by atoms with Gasteiger partial charge < -0.3 is 20.4 Å². The van der Waals surface area contributed by atoms with Gasteiger partial charge in [-0.15, -0.1) is 0 Å². The molecule has 3 aliphatic rings. The first-order valence-electron chi connectivity index (χ1n) is 9.55. The Balaban J connectivity index is 1.74. The molecule has 0 saturated heterocycles. The minimum absolute atomic E-state index is 0.0400. The molecule has 4 nitrogen and oxygen atoms in total. The van der Waals surface area contributed by atoms with Crippen molar-refractivity contribution in [3.8, 4) is 23.0 Å². The van der Waals surface area contributed by atoms with Gasteiger partial charge in [-0.05, 0) is 61.5 Å². The normalized spacial score (nSPS) is 31.2. The molecule has 0 aliphatic heterocycles. The number of benzene rings is 2. The van der Waals surface area contributed by atoms with Crippen molar-refractivity contribution in [2.45, 2.75) is 37.5 Å². The van der Waals surface area contributed by atoms with Gasteiger partial charge in [-0.2, -0.15) is 0 Å². The highest BCUT2D eigenvalue weighted by molar-refractivity contribution is 5.56. The summed E-state index contributed by atoms with van der Waals surface area (Å²) in [5.41, 5.74) is 1.11. The van der Waals surface area contributed by atoms with Crippen molar-refractivity contribution in [3.05, 3.63) is 47.5 Å². The zero-order valence-corrected chi connectivity index (χ0v) is 14.6. The Morgan fingerprint density at radius 1 is 0.769 bits per heavy atom. The molecule has 2 aromatic rings. The highest BCUT2D eigenvalue weighted by Crippen LogP contribution is 2.69. The SMILES string of the molecule is Oc1ccc(C2(c3ccc(O)cc3O)CC3CC2C2CCCC32)c(O)c1. The van der Waals surface area contributed by atoms with Crippen LogP contribution in [-0.2, 0) is 5.41 Å². The van der Waals surface area contributed by atoms with Crippen LogP contribution >= 0.6 is 0 Å². The molecule has 26 heavy (non-hydrogen) atoms. The molecule has 0 spiro atoms. The molecule has 3 saturated carbocycles. The second kappa shape index (κ2) is 5.32. The third-order valence-corrected chi connectivity index (χ3v) is 7.44. The molecule has 4 unspecified atom stereocenters. The number of hydrogen-bond acceptors (Lipinski definition) is 4. The van der Waals surface area contributed by atoms with E-state index >= 15 is 0 Å². The average molecular weight is 352 g/mol. The third kappa shape index (κ3) is 1.96. The summed E-state index contributed by atoms with van der Waals surface area (Å²) in [7, 11) is 0. The molecule has 3 aliphatic carbocycles. The Morgan fingerprint density at radius 3 is 1.92 bits per heavy atom. The molecular formula is C22H24O4. The minimum Gasteiger partial charge on any atom is -0.508 e. The van der Waals surface area contributed by atoms with E-state index in [9.17, 15) is 20.4 Å². The Hall–Kier alpha value is -2.36. The summed E-state index contributed by atoms with van der Waals surface area (Å²) in [6, 6.07) is 9.64. The molecule has 0 aromatic heterocycles. The first kappa shape index (κ1) is 15.9. The molecular weight excluding hydrogens is 328 g/mol. The van der Waals surface area contributed by atoms with Crippen LogP contribution in [0.1, 0.15) is 43.2 Å². The summed E-state index contributed by atoms with van der Waals surface area (Å²) in [4.78, 5) is 0. The van der Waals surface area contributed by atoms with Crippen molar-refractivity contribution in [1.29, 1.82) is 0 Å². The van der Waals surface area contributed by atoms with Crippen molar-refractivity contribution < 1.29 is 20.4 Å². The van der Waals surface area contributed by atoms with Gasteiger partial charge in [0, 0.05) is 28.7 Å². The lowest BCUT2D eigenvalue weighted by Gasteiger charge is -2.44. The summed E-state index contributed by atoms with van der Waals surface area (Å²) in [5.74, 6) is 2.61. The van der Waals surface area contributed by atoms with Crippen LogP contribution in [0.3, 0.4) is 0 Å². The van der Waals surface area contributed by atoms with Crippen LogP contribution in [-0.4, -0.2) is 20.4 Å². The number of hydrogen-bond donors (Lipinski definition) is 4. The number of phenolic OH excluding ortho intramolecular Hbond substituents is 4. The largest absolute Gasteiger partial charge is 0.508 e. The maximum absolute atomic E-state index is 10.7. The molecule has 2 bridgehead atoms. The van der Waals surface area contributed by atoms with Crippen LogP contribution in [0.4, 0.5) is 0 Å². The van der Waals surface area contributed by atoms with E-state index in [4.69, 9.17) is 0 Å². The van der Waals surface area contributed by atoms with E-state index in [1.807, 2.05) is 12.1 Å². The van der Waals surface area contributed by atoms with E-state index in [-0.39, 0.29) is 23.0 Å². The van der Waals surface area contributed by atoms with Crippen LogP contribution in [0.15, 0.2) is 36.4 Å². The minimum atomic E-state index is -0.467. The van der Waals surface area contributed by atoms with Crippen molar-refractivity contribution in [3.63, 3.8) is 0 Å². The Kier molecular flexibility index (Phi) is 3.25. The van der Waals surface area contributed by atoms with Crippen LogP contribution in [0.25, 0.3) is 0 Å². The van der Waals surface area contributed by atoms with E-state index in [2.05, 4.69) is 0 Å². The number of phenols is 4. The molecule has 0 amide bonds. The summed E-state index contributed by atoms with van der Waals surface area (Å²) >= 11 is 0. The fraction of sp³-hybridized carbons (Fsp3) is 0.455. The summed E-state index contributed by atoms with van der Waals surface area (Å²) in [6.07, 6.45) is 5.79. The molecule has 2 aromatic carbocycles. The first-order valence-corrected chi connectivity index (χ1v) is 9.55. The van der Waals surface area contributed by atoms with Gasteiger partial charge in [0.15, 0.2) is 0 Å². The second-order valence-corrected chi connectivity index (χ2v) is 8.44. The van der Waals surface area contributed by atoms with Crippen molar-refractivity contribution >= 4 is 0 Å². The lowest BCUT2D eigenvalue weighted by molar-refractivity contribution is 0.175. The van der Waals surface area contributed by atoms with Gasteiger partial charge in [0.05, 0.1) is 0 Å². The first-order chi connectivity index (χ1) is 12.5. The van der Waals surface area contributed by atoms with Crippen molar-refractivity contribution in [2.75, 3.05) is 0 Å². The standard InChI is InChI=1S/C22H24O4/c23-13-4-6-17(20(25)9-13)22(18-7-5-14(24)10-21(18)26)11-12-8-19(22)16-3-1-2-15(12)16/h4-7,9-10,12,15-16,19,23-26H,1-3,8,11H2. The Labute approximate surface area is 152 Å². The molecule has 0 radical (unpaired) electrons. The monoisotopic (exact) mass is 352 g/mol. The van der Waals surface area contributed by atoms with E-state index in [0.717, 1.165) is 29.9 Å². The third-order valence-electron chi connectivity index (χ3n) is 7.44. The van der Waals surface area contributed by atoms with E-state index in [1.165, 1.54) is 31.4 Å². The highest BCUT2D eigenvalue weighted by Gasteiger charge is 2.63. The number of rotatable bonds is 2. The molecule has 0 heterocycles. The fourth-order valence-corrected chi connectivity index (χ4v) is 6.70. The van der Waals surface area contributed by atoms with Gasteiger partial charge in [-0.3, -0.25) is 0 Å². The van der Waals surface area contributed by atoms with E-state index in [0.29, 0.717) is 17.8 Å².